The van der Waals surface area contributed by atoms with E-state index in [1.165, 1.54) is 43.1 Å². The minimum atomic E-state index is -3.96. The molecule has 0 saturated heterocycles. The van der Waals surface area contributed by atoms with Crippen LogP contribution in [0.5, 0.6) is 5.75 Å². The molecule has 6 nitrogen and oxygen atoms in total. The highest BCUT2D eigenvalue weighted by Gasteiger charge is 2.43. The van der Waals surface area contributed by atoms with Crippen LogP contribution in [0.4, 0.5) is 0 Å². The molecule has 0 heterocycles. The number of carboxylic acids is 1. The number of thioether (sulfide) groups is 1. The van der Waals surface area contributed by atoms with Crippen molar-refractivity contribution in [1.82, 2.24) is 4.31 Å². The quantitative estimate of drug-likeness (QED) is 0.692. The first-order valence-corrected chi connectivity index (χ1v) is 10.1. The lowest BCUT2D eigenvalue weighted by molar-refractivity contribution is -0.141. The van der Waals surface area contributed by atoms with Crippen LogP contribution >= 0.6 is 11.8 Å². The maximum atomic E-state index is 12.8. The van der Waals surface area contributed by atoms with Gasteiger partial charge in [-0.2, -0.15) is 16.1 Å². The number of nitrogens with zero attached hydrogens (tertiary/aromatic N) is 1. The van der Waals surface area contributed by atoms with Gasteiger partial charge in [0.25, 0.3) is 0 Å². The Hall–Kier alpha value is -1.69. The van der Waals surface area contributed by atoms with Gasteiger partial charge in [-0.15, -0.1) is 5.92 Å². The second-order valence-electron chi connectivity index (χ2n) is 5.76. The Labute approximate surface area is 153 Å². The van der Waals surface area contributed by atoms with Gasteiger partial charge >= 0.3 is 5.97 Å². The number of likely N-dealkylation sites (N-methyl/N-ethyl adjacent to an activating group) is 1. The Morgan fingerprint density at radius 2 is 1.92 bits per heavy atom. The normalized spacial score (nSPS) is 13.0. The van der Waals surface area contributed by atoms with E-state index in [1.807, 2.05) is 0 Å². The monoisotopic (exact) mass is 385 g/mol. The first-order valence-electron chi connectivity index (χ1n) is 7.46. The van der Waals surface area contributed by atoms with Crippen molar-refractivity contribution < 1.29 is 23.1 Å². The highest BCUT2D eigenvalue weighted by atomic mass is 32.2. The summed E-state index contributed by atoms with van der Waals surface area (Å²) in [5.74, 6) is 4.74. The van der Waals surface area contributed by atoms with E-state index in [0.717, 1.165) is 4.31 Å². The van der Waals surface area contributed by atoms with Gasteiger partial charge in [-0.1, -0.05) is 5.92 Å². The first-order chi connectivity index (χ1) is 11.6. The zero-order valence-electron chi connectivity index (χ0n) is 14.9. The zero-order valence-corrected chi connectivity index (χ0v) is 16.6. The fourth-order valence-electron chi connectivity index (χ4n) is 2.21. The highest BCUT2D eigenvalue weighted by Crippen LogP contribution is 2.32. The van der Waals surface area contributed by atoms with Gasteiger partial charge in [-0.3, -0.25) is 4.79 Å². The van der Waals surface area contributed by atoms with Crippen LogP contribution in [-0.2, 0) is 14.8 Å². The Bertz CT molecular complexity index is 760. The van der Waals surface area contributed by atoms with E-state index in [1.54, 1.807) is 27.0 Å². The molecule has 1 unspecified atom stereocenters. The number of hydrogen-bond acceptors (Lipinski definition) is 5. The summed E-state index contributed by atoms with van der Waals surface area (Å²) in [7, 11) is -2.68. The van der Waals surface area contributed by atoms with Gasteiger partial charge in [0.05, 0.1) is 4.90 Å². The topological polar surface area (TPSA) is 83.9 Å². The molecule has 0 aliphatic heterocycles. The van der Waals surface area contributed by atoms with Crippen molar-refractivity contribution in [1.29, 1.82) is 0 Å². The predicted octanol–water partition coefficient (Wildman–Crippen LogP) is 2.30. The fraction of sp³-hybridized carbons (Fsp3) is 0.471. The maximum Gasteiger partial charge on any atom is 0.323 e. The van der Waals surface area contributed by atoms with Crippen molar-refractivity contribution in [3.63, 3.8) is 0 Å². The van der Waals surface area contributed by atoms with E-state index < -0.39 is 26.8 Å². The Balaban J connectivity index is 3.13. The largest absolute Gasteiger partial charge is 0.481 e. The third-order valence-corrected chi connectivity index (χ3v) is 6.88. The van der Waals surface area contributed by atoms with Crippen LogP contribution in [0.2, 0.25) is 0 Å². The number of rotatable bonds is 8. The van der Waals surface area contributed by atoms with Gasteiger partial charge < -0.3 is 9.84 Å². The molecule has 1 aromatic carbocycles. The maximum absolute atomic E-state index is 12.8. The zero-order chi connectivity index (χ0) is 19.3. The Morgan fingerprint density at radius 1 is 1.36 bits per heavy atom. The van der Waals surface area contributed by atoms with Crippen LogP contribution in [0, 0.1) is 11.8 Å². The SMILES string of the molecule is CC#CCOc1ccc(S(=O)(=O)N(C)C(C(=O)O)C(C)(C)SC)cc1. The van der Waals surface area contributed by atoms with E-state index in [-0.39, 0.29) is 11.5 Å². The van der Waals surface area contributed by atoms with Gasteiger partial charge in [-0.25, -0.2) is 8.42 Å². The summed E-state index contributed by atoms with van der Waals surface area (Å²) in [6.07, 6.45) is 1.75. The molecule has 0 amide bonds. The van der Waals surface area contributed by atoms with E-state index in [2.05, 4.69) is 11.8 Å². The van der Waals surface area contributed by atoms with E-state index in [4.69, 9.17) is 4.74 Å². The second kappa shape index (κ2) is 8.61. The lowest BCUT2D eigenvalue weighted by atomic mass is 10.0. The van der Waals surface area contributed by atoms with Crippen molar-refractivity contribution in [2.45, 2.75) is 36.5 Å². The molecule has 0 aromatic heterocycles. The highest BCUT2D eigenvalue weighted by molar-refractivity contribution is 8.00. The van der Waals surface area contributed by atoms with Gasteiger partial charge in [0.15, 0.2) is 0 Å². The molecule has 1 rings (SSSR count). The van der Waals surface area contributed by atoms with Crippen LogP contribution in [0.3, 0.4) is 0 Å². The van der Waals surface area contributed by atoms with Crippen LogP contribution in [0.25, 0.3) is 0 Å². The lowest BCUT2D eigenvalue weighted by Gasteiger charge is -2.35. The van der Waals surface area contributed by atoms with Crippen molar-refractivity contribution in [2.75, 3.05) is 19.9 Å². The average Bonchev–Trinajstić information content (AvgIpc) is 2.55. The van der Waals surface area contributed by atoms with E-state index in [9.17, 15) is 18.3 Å². The number of sulfonamides is 1. The summed E-state index contributed by atoms with van der Waals surface area (Å²) in [6.45, 7) is 5.32. The molecule has 0 fully saturated rings. The summed E-state index contributed by atoms with van der Waals surface area (Å²) >= 11 is 1.30. The van der Waals surface area contributed by atoms with Gasteiger partial charge in [0.2, 0.25) is 10.0 Å². The molecule has 138 valence electrons. The van der Waals surface area contributed by atoms with Crippen molar-refractivity contribution in [2.24, 2.45) is 0 Å². The van der Waals surface area contributed by atoms with Gasteiger partial charge in [0, 0.05) is 11.8 Å². The van der Waals surface area contributed by atoms with Crippen LogP contribution in [0.1, 0.15) is 20.8 Å². The molecular weight excluding hydrogens is 362 g/mol. The summed E-state index contributed by atoms with van der Waals surface area (Å²) in [5, 5.41) is 9.53. The molecule has 0 radical (unpaired) electrons. The molecule has 1 N–H and O–H groups in total. The number of ether oxygens (including phenoxy) is 1. The molecule has 25 heavy (non-hydrogen) atoms. The van der Waals surface area contributed by atoms with Crippen LogP contribution < -0.4 is 4.74 Å². The molecule has 0 aliphatic carbocycles. The molecule has 1 atom stereocenters. The van der Waals surface area contributed by atoms with Crippen molar-refractivity contribution >= 4 is 27.8 Å². The number of hydrogen-bond donors (Lipinski definition) is 1. The van der Waals surface area contributed by atoms with Crippen molar-refractivity contribution in [3.05, 3.63) is 24.3 Å². The molecule has 1 aromatic rings. The first kappa shape index (κ1) is 21.4. The predicted molar refractivity (Wildman–Crippen MR) is 99.4 cm³/mol. The molecule has 0 aliphatic rings. The smallest absolute Gasteiger partial charge is 0.323 e. The number of carboxylic acid groups (broad SMARTS) is 1. The van der Waals surface area contributed by atoms with Gasteiger partial charge in [0.1, 0.15) is 18.4 Å². The van der Waals surface area contributed by atoms with E-state index in [0.29, 0.717) is 5.75 Å². The molecule has 0 bridgehead atoms. The van der Waals surface area contributed by atoms with Gasteiger partial charge in [-0.05, 0) is 51.3 Å². The molecule has 0 saturated carbocycles. The lowest BCUT2D eigenvalue weighted by Crippen LogP contribution is -2.53. The Morgan fingerprint density at radius 3 is 2.36 bits per heavy atom. The Kier molecular flexibility index (Phi) is 7.35. The van der Waals surface area contributed by atoms with Crippen LogP contribution in [-0.4, -0.2) is 54.5 Å². The number of carbonyl (C=O) groups is 1. The summed E-state index contributed by atoms with van der Waals surface area (Å²) < 4.78 is 31.1. The second-order valence-corrected chi connectivity index (χ2v) is 9.21. The standard InChI is InChI=1S/C17H23NO5S2/c1-6-7-12-23-13-8-10-14(11-9-13)25(21,22)18(4)15(16(19)20)17(2,3)24-5/h8-11,15H,12H2,1-5H3,(H,19,20). The third kappa shape index (κ3) is 5.14. The van der Waals surface area contributed by atoms with Crippen molar-refractivity contribution in [3.8, 4) is 17.6 Å². The molecular formula is C17H23NO5S2. The minimum Gasteiger partial charge on any atom is -0.481 e. The third-order valence-electron chi connectivity index (χ3n) is 3.77. The fourth-order valence-corrected chi connectivity index (χ4v) is 4.20. The number of benzene rings is 1. The summed E-state index contributed by atoms with van der Waals surface area (Å²) in [6, 6.07) is 4.63. The summed E-state index contributed by atoms with van der Waals surface area (Å²) in [5.41, 5.74) is 0. The molecule has 8 heteroatoms. The minimum absolute atomic E-state index is 0.00655. The van der Waals surface area contributed by atoms with E-state index >= 15 is 0 Å². The number of aliphatic carboxylic acids is 1. The molecule has 0 spiro atoms. The van der Waals surface area contributed by atoms with Crippen LogP contribution in [0.15, 0.2) is 29.2 Å². The average molecular weight is 386 g/mol. The summed E-state index contributed by atoms with van der Waals surface area (Å²) in [4.78, 5) is 11.7.